The van der Waals surface area contributed by atoms with Crippen molar-refractivity contribution in [3.63, 3.8) is 0 Å². The maximum Gasteiger partial charge on any atom is 0.0114 e. The van der Waals surface area contributed by atoms with Gasteiger partial charge in [0, 0.05) is 5.41 Å². The first-order valence-corrected chi connectivity index (χ1v) is 6.87. The van der Waals surface area contributed by atoms with E-state index >= 15 is 0 Å². The molecular weight excluding hydrogens is 192 g/mol. The fourth-order valence-electron chi connectivity index (χ4n) is 2.41. The molecule has 0 aromatic heterocycles. The van der Waals surface area contributed by atoms with Gasteiger partial charge in [-0.3, -0.25) is 0 Å². The first kappa shape index (κ1) is 13.5. The Morgan fingerprint density at radius 1 is 1.00 bits per heavy atom. The van der Waals surface area contributed by atoms with E-state index in [2.05, 4.69) is 40.7 Å². The third-order valence-electron chi connectivity index (χ3n) is 3.78. The van der Waals surface area contributed by atoms with Crippen LogP contribution in [-0.4, -0.2) is 0 Å². The van der Waals surface area contributed by atoms with Crippen molar-refractivity contribution in [3.05, 3.63) is 22.8 Å². The lowest BCUT2D eigenvalue weighted by atomic mass is 9.87. The molecule has 0 spiro atoms. The molecule has 0 fully saturated rings. The largest absolute Gasteiger partial charge is 0.0654 e. The van der Waals surface area contributed by atoms with Gasteiger partial charge in [-0.05, 0) is 49.8 Å². The van der Waals surface area contributed by atoms with Gasteiger partial charge in [0.15, 0.2) is 0 Å². The van der Waals surface area contributed by atoms with Gasteiger partial charge in [0.2, 0.25) is 0 Å². The normalized spacial score (nSPS) is 19.2. The minimum atomic E-state index is 0.187. The van der Waals surface area contributed by atoms with Gasteiger partial charge in [-0.25, -0.2) is 0 Å². The molecule has 0 saturated carbocycles. The van der Waals surface area contributed by atoms with Crippen molar-refractivity contribution in [2.45, 2.75) is 73.1 Å². The van der Waals surface area contributed by atoms with E-state index in [0.717, 1.165) is 0 Å². The molecule has 1 aliphatic carbocycles. The molecule has 1 rings (SSSR count). The first-order chi connectivity index (χ1) is 7.53. The number of hydrogen-bond acceptors (Lipinski definition) is 0. The Morgan fingerprint density at radius 2 is 1.56 bits per heavy atom. The Balaban J connectivity index is 2.80. The van der Waals surface area contributed by atoms with Crippen LogP contribution in [0, 0.1) is 11.5 Å². The quantitative estimate of drug-likeness (QED) is 0.557. The second-order valence-corrected chi connectivity index (χ2v) is 5.54. The van der Waals surface area contributed by atoms with Crippen molar-refractivity contribution in [2.24, 2.45) is 5.41 Å². The van der Waals surface area contributed by atoms with Crippen LogP contribution >= 0.6 is 0 Å². The van der Waals surface area contributed by atoms with Crippen molar-refractivity contribution < 1.29 is 0 Å². The van der Waals surface area contributed by atoms with Crippen molar-refractivity contribution in [1.29, 1.82) is 0 Å². The molecule has 0 N–H and O–H groups in total. The van der Waals surface area contributed by atoms with Gasteiger partial charge in [0.25, 0.3) is 0 Å². The van der Waals surface area contributed by atoms with Crippen molar-refractivity contribution in [1.82, 2.24) is 0 Å². The predicted molar refractivity (Wildman–Crippen MR) is 72.3 cm³/mol. The summed E-state index contributed by atoms with van der Waals surface area (Å²) >= 11 is 0. The standard InChI is InChI=1S/C16H27/c1-6-8-10-14-12-16(4,5)13(3)15(14)11-9-7-2/h6-11H2,1-5H3. The van der Waals surface area contributed by atoms with E-state index in [9.17, 15) is 0 Å². The summed E-state index contributed by atoms with van der Waals surface area (Å²) in [4.78, 5) is 0. The molecule has 0 aromatic rings. The third-order valence-corrected chi connectivity index (χ3v) is 3.78. The highest BCUT2D eigenvalue weighted by Crippen LogP contribution is 2.43. The lowest BCUT2D eigenvalue weighted by molar-refractivity contribution is 0.565. The molecule has 0 nitrogen and oxygen atoms in total. The number of allylic oxidation sites excluding steroid dienone is 4. The van der Waals surface area contributed by atoms with E-state index in [4.69, 9.17) is 0 Å². The molecule has 16 heavy (non-hydrogen) atoms. The van der Waals surface area contributed by atoms with Crippen LogP contribution in [0.4, 0.5) is 0 Å². The van der Waals surface area contributed by atoms with E-state index in [1.54, 1.807) is 11.1 Å². The topological polar surface area (TPSA) is 0 Å². The number of unbranched alkanes of at least 4 members (excludes halogenated alkanes) is 2. The van der Waals surface area contributed by atoms with Crippen LogP contribution in [0.25, 0.3) is 0 Å². The smallest absolute Gasteiger partial charge is 0.0114 e. The number of hydrogen-bond donors (Lipinski definition) is 0. The fourth-order valence-corrected chi connectivity index (χ4v) is 2.41. The summed E-state index contributed by atoms with van der Waals surface area (Å²) in [6, 6.07) is 0. The van der Waals surface area contributed by atoms with Gasteiger partial charge < -0.3 is 0 Å². The summed E-state index contributed by atoms with van der Waals surface area (Å²) in [6.07, 6.45) is 11.4. The summed E-state index contributed by atoms with van der Waals surface area (Å²) in [7, 11) is 0. The molecule has 0 aromatic carbocycles. The molecule has 0 amide bonds. The molecule has 0 heteroatoms. The molecule has 0 heterocycles. The van der Waals surface area contributed by atoms with Crippen molar-refractivity contribution in [3.8, 4) is 0 Å². The van der Waals surface area contributed by atoms with Crippen molar-refractivity contribution >= 4 is 0 Å². The van der Waals surface area contributed by atoms with Gasteiger partial charge in [-0.1, -0.05) is 46.1 Å². The van der Waals surface area contributed by atoms with E-state index in [0.29, 0.717) is 0 Å². The highest BCUT2D eigenvalue weighted by molar-refractivity contribution is 5.43. The van der Waals surface area contributed by atoms with E-state index < -0.39 is 0 Å². The van der Waals surface area contributed by atoms with Gasteiger partial charge in [0.05, 0.1) is 0 Å². The Hall–Kier alpha value is -0.520. The summed E-state index contributed by atoms with van der Waals surface area (Å²) in [6.45, 7) is 11.4. The highest BCUT2D eigenvalue weighted by Gasteiger charge is 2.29. The van der Waals surface area contributed by atoms with Crippen molar-refractivity contribution in [2.75, 3.05) is 0 Å². The van der Waals surface area contributed by atoms with Crippen LogP contribution in [0.3, 0.4) is 0 Å². The maximum atomic E-state index is 3.72. The van der Waals surface area contributed by atoms with Gasteiger partial charge in [0.1, 0.15) is 0 Å². The molecule has 0 saturated heterocycles. The van der Waals surface area contributed by atoms with Gasteiger partial charge in [-0.2, -0.15) is 0 Å². The minimum Gasteiger partial charge on any atom is -0.0654 e. The summed E-state index contributed by atoms with van der Waals surface area (Å²) in [5.74, 6) is 0. The van der Waals surface area contributed by atoms with E-state index in [1.165, 1.54) is 44.1 Å². The molecule has 1 aliphatic rings. The highest BCUT2D eigenvalue weighted by atomic mass is 14.3. The fraction of sp³-hybridized carbons (Fsp3) is 0.750. The molecule has 91 valence electrons. The molecule has 0 bridgehead atoms. The summed E-state index contributed by atoms with van der Waals surface area (Å²) in [5.41, 5.74) is 4.90. The zero-order valence-corrected chi connectivity index (χ0v) is 11.7. The van der Waals surface area contributed by atoms with E-state index in [-0.39, 0.29) is 5.41 Å². The lowest BCUT2D eigenvalue weighted by Gasteiger charge is -2.17. The van der Waals surface area contributed by atoms with Gasteiger partial charge >= 0.3 is 0 Å². The SMILES string of the molecule is CCCCC1=[C]C(C)(C)C(C)=C1CCCC. The van der Waals surface area contributed by atoms with E-state index in [1.807, 2.05) is 0 Å². The van der Waals surface area contributed by atoms with Crippen LogP contribution in [0.1, 0.15) is 73.1 Å². The second kappa shape index (κ2) is 5.70. The monoisotopic (exact) mass is 219 g/mol. The summed E-state index contributed by atoms with van der Waals surface area (Å²) in [5, 5.41) is 0. The molecule has 0 unspecified atom stereocenters. The van der Waals surface area contributed by atoms with Crippen LogP contribution in [-0.2, 0) is 0 Å². The first-order valence-electron chi connectivity index (χ1n) is 6.87. The molecular formula is C16H27. The molecule has 0 aliphatic heterocycles. The average molecular weight is 219 g/mol. The molecule has 1 radical (unpaired) electrons. The Kier molecular flexibility index (Phi) is 4.83. The third kappa shape index (κ3) is 2.99. The maximum absolute atomic E-state index is 3.72. The average Bonchev–Trinajstić information content (AvgIpc) is 2.45. The van der Waals surface area contributed by atoms with Crippen LogP contribution in [0.5, 0.6) is 0 Å². The second-order valence-electron chi connectivity index (χ2n) is 5.54. The minimum absolute atomic E-state index is 0.187. The summed E-state index contributed by atoms with van der Waals surface area (Å²) < 4.78 is 0. The lowest BCUT2D eigenvalue weighted by Crippen LogP contribution is -2.06. The number of rotatable bonds is 6. The molecule has 0 atom stereocenters. The van der Waals surface area contributed by atoms with Gasteiger partial charge in [-0.15, -0.1) is 0 Å². The Morgan fingerprint density at radius 3 is 2.12 bits per heavy atom. The zero-order valence-electron chi connectivity index (χ0n) is 11.7. The Labute approximate surface area is 102 Å². The Bertz CT molecular complexity index is 289. The van der Waals surface area contributed by atoms with Crippen LogP contribution in [0.2, 0.25) is 0 Å². The predicted octanol–water partition coefficient (Wildman–Crippen LogP) is 5.45. The zero-order chi connectivity index (χ0) is 12.2. The van der Waals surface area contributed by atoms with Crippen LogP contribution in [0.15, 0.2) is 16.7 Å². The van der Waals surface area contributed by atoms with Crippen LogP contribution < -0.4 is 0 Å².